The molecule has 1 fully saturated rings. The summed E-state index contributed by atoms with van der Waals surface area (Å²) in [7, 11) is 0. The third-order valence-electron chi connectivity index (χ3n) is 14.1. The highest BCUT2D eigenvalue weighted by Crippen LogP contribution is 2.29. The number of aliphatic carboxylic acids is 3. The first kappa shape index (κ1) is 72.4. The van der Waals surface area contributed by atoms with Gasteiger partial charge in [-0.25, -0.2) is 19.1 Å². The van der Waals surface area contributed by atoms with Gasteiger partial charge < -0.3 is 68.1 Å². The molecule has 0 spiro atoms. The van der Waals surface area contributed by atoms with Crippen LogP contribution in [0, 0.1) is 11.6 Å². The number of aromatic hydroxyl groups is 1. The van der Waals surface area contributed by atoms with Gasteiger partial charge in [-0.05, 0) is 48.9 Å². The van der Waals surface area contributed by atoms with E-state index in [1.165, 1.54) is 0 Å². The number of urea groups is 1. The molecule has 4 aromatic rings. The topological polar surface area (TPSA) is 418 Å². The Morgan fingerprint density at radius 2 is 1.15 bits per heavy atom. The smallest absolute Gasteiger partial charge is 0.344 e. The molecule has 30 nitrogen and oxygen atoms in total. The number of benzene rings is 3. The van der Waals surface area contributed by atoms with E-state index in [0.717, 1.165) is 0 Å². The summed E-state index contributed by atoms with van der Waals surface area (Å²) in [6.45, 7) is 2.31. The van der Waals surface area contributed by atoms with E-state index in [1.54, 1.807) is 81.1 Å². The number of anilines is 2. The molecule has 1 unspecified atom stereocenters. The Morgan fingerprint density at radius 1 is 0.604 bits per heavy atom. The van der Waals surface area contributed by atoms with E-state index in [9.17, 15) is 77.2 Å². The first-order valence-corrected chi connectivity index (χ1v) is 29.5. The number of nitrogens with one attached hydrogen (secondary N) is 8. The summed E-state index contributed by atoms with van der Waals surface area (Å²) in [5.41, 5.74) is 7.38. The number of carbonyl (C=O) groups excluding carboxylic acids is 5. The van der Waals surface area contributed by atoms with Crippen molar-refractivity contribution in [1.82, 2.24) is 51.7 Å². The number of hydrogen-bond acceptors (Lipinski definition) is 19. The van der Waals surface area contributed by atoms with Crippen LogP contribution in [0.25, 0.3) is 0 Å². The lowest BCUT2D eigenvalue weighted by Crippen LogP contribution is -2.49. The number of rotatable bonds is 35. The van der Waals surface area contributed by atoms with Crippen molar-refractivity contribution in [2.45, 2.75) is 57.5 Å². The number of unbranched alkanes of at least 4 members (excludes halogenated alkanes) is 1. The van der Waals surface area contributed by atoms with Crippen LogP contribution in [-0.2, 0) is 44.9 Å². The second-order valence-electron chi connectivity index (χ2n) is 21.1. The minimum Gasteiger partial charge on any atom is -0.508 e. The fraction of sp³-hybridized carbons (Fsp3) is 0.475. The summed E-state index contributed by atoms with van der Waals surface area (Å²) in [6.07, 6.45) is 1.37. The van der Waals surface area contributed by atoms with Gasteiger partial charge in [0, 0.05) is 116 Å². The van der Waals surface area contributed by atoms with Gasteiger partial charge in [0.1, 0.15) is 40.6 Å². The SMILES string of the molecule is CCC(=O)NCCNC(=O)/N=C(/N)NCCC[C@@H](NC(=O)C(c1ccccc1)c1cccc(OCCCCNc2c(NCCONC(=O)CN3CCN(CC(=O)O)CCN(CC(=O)O)CCN(CC(=O)O)CC3)c(=O)c2=O)c1)C(=O)NCc1c(F)cc(O)cc1F. The molecule has 32 heteroatoms. The van der Waals surface area contributed by atoms with Gasteiger partial charge in [0.25, 0.3) is 16.8 Å². The molecular formula is C59H80F2N14O16. The van der Waals surface area contributed by atoms with Crippen LogP contribution in [0.1, 0.15) is 61.6 Å². The third kappa shape index (κ3) is 25.9. The molecule has 4 aromatic carbocycles. The number of guanidine groups is 1. The Hall–Kier alpha value is -9.37. The number of ether oxygens (including phenoxy) is 1. The van der Waals surface area contributed by atoms with Crippen LogP contribution in [0.15, 0.2) is 81.3 Å². The van der Waals surface area contributed by atoms with Gasteiger partial charge in [0.15, 0.2) is 5.96 Å². The number of carboxylic acid groups (broad SMARTS) is 3. The van der Waals surface area contributed by atoms with Crippen molar-refractivity contribution in [2.75, 3.05) is 135 Å². The second-order valence-corrected chi connectivity index (χ2v) is 21.1. The molecule has 1 aliphatic rings. The quantitative estimate of drug-likeness (QED) is 0.00893. The summed E-state index contributed by atoms with van der Waals surface area (Å²) in [5, 5.41) is 57.0. The molecule has 91 heavy (non-hydrogen) atoms. The van der Waals surface area contributed by atoms with Crippen LogP contribution in [-0.4, -0.2) is 224 Å². The number of hydroxylamine groups is 1. The van der Waals surface area contributed by atoms with Crippen LogP contribution in [0.3, 0.4) is 0 Å². The Bertz CT molecular complexity index is 3140. The average molecular weight is 1280 g/mol. The maximum Gasteiger partial charge on any atom is 0.344 e. The molecule has 0 saturated carbocycles. The van der Waals surface area contributed by atoms with Crippen molar-refractivity contribution in [1.29, 1.82) is 0 Å². The molecule has 0 aliphatic carbocycles. The van der Waals surface area contributed by atoms with Gasteiger partial charge in [0.05, 0.1) is 45.3 Å². The highest BCUT2D eigenvalue weighted by atomic mass is 19.1. The van der Waals surface area contributed by atoms with Crippen molar-refractivity contribution >= 4 is 64.9 Å². The lowest BCUT2D eigenvalue weighted by atomic mass is 9.90. The predicted octanol–water partition coefficient (Wildman–Crippen LogP) is -0.674. The molecule has 0 radical (unpaired) electrons. The molecule has 1 aliphatic heterocycles. The number of carboxylic acids is 3. The van der Waals surface area contributed by atoms with Crippen LogP contribution >= 0.6 is 0 Å². The van der Waals surface area contributed by atoms with E-state index in [0.29, 0.717) is 41.9 Å². The Balaban J connectivity index is 1.11. The number of nitrogens with zero attached hydrogens (tertiary/aromatic N) is 5. The molecule has 1 saturated heterocycles. The van der Waals surface area contributed by atoms with Gasteiger partial charge in [-0.2, -0.15) is 4.99 Å². The number of amides is 6. The summed E-state index contributed by atoms with van der Waals surface area (Å²) in [5.74, 6) is -9.13. The second kappa shape index (κ2) is 38.2. The van der Waals surface area contributed by atoms with Gasteiger partial charge >= 0.3 is 23.9 Å². The molecule has 1 heterocycles. The summed E-state index contributed by atoms with van der Waals surface area (Å²) < 4.78 is 35.4. The van der Waals surface area contributed by atoms with E-state index in [-0.39, 0.29) is 167 Å². The minimum absolute atomic E-state index is 0.0117. The molecule has 2 atom stereocenters. The fourth-order valence-corrected chi connectivity index (χ4v) is 9.45. The summed E-state index contributed by atoms with van der Waals surface area (Å²) in [4.78, 5) is 140. The van der Waals surface area contributed by atoms with Crippen LogP contribution < -0.4 is 64.0 Å². The maximum absolute atomic E-state index is 14.7. The van der Waals surface area contributed by atoms with Gasteiger partial charge in [-0.1, -0.05) is 49.4 Å². The highest BCUT2D eigenvalue weighted by Gasteiger charge is 2.30. The molecule has 6 amide bonds. The zero-order chi connectivity index (χ0) is 66.2. The Morgan fingerprint density at radius 3 is 1.73 bits per heavy atom. The summed E-state index contributed by atoms with van der Waals surface area (Å²) >= 11 is 0. The van der Waals surface area contributed by atoms with Crippen molar-refractivity contribution in [3.63, 3.8) is 0 Å². The number of phenols is 1. The van der Waals surface area contributed by atoms with E-state index in [4.69, 9.17) is 15.3 Å². The lowest BCUT2D eigenvalue weighted by molar-refractivity contribution is -0.141. The first-order valence-electron chi connectivity index (χ1n) is 29.5. The number of hydrogen-bond donors (Lipinski definition) is 13. The fourth-order valence-electron chi connectivity index (χ4n) is 9.45. The van der Waals surface area contributed by atoms with Crippen LogP contribution in [0.4, 0.5) is 25.0 Å². The van der Waals surface area contributed by atoms with E-state index in [2.05, 4.69) is 47.7 Å². The summed E-state index contributed by atoms with van der Waals surface area (Å²) in [6, 6.07) is 14.8. The Labute approximate surface area is 522 Å². The van der Waals surface area contributed by atoms with Crippen molar-refractivity contribution in [3.05, 3.63) is 116 Å². The number of phenolic OH excluding ortho intramolecular Hbond substituents is 1. The van der Waals surface area contributed by atoms with Crippen LogP contribution in [0.5, 0.6) is 11.5 Å². The maximum atomic E-state index is 14.7. The van der Waals surface area contributed by atoms with Crippen molar-refractivity contribution in [3.8, 4) is 11.5 Å². The molecule has 5 rings (SSSR count). The number of carbonyl (C=O) groups is 8. The molecule has 496 valence electrons. The molecule has 0 aromatic heterocycles. The average Bonchev–Trinajstić information content (AvgIpc) is 0.897. The normalized spacial score (nSPS) is 14.6. The van der Waals surface area contributed by atoms with Crippen LogP contribution in [0.2, 0.25) is 0 Å². The van der Waals surface area contributed by atoms with Gasteiger partial charge in [0.2, 0.25) is 17.7 Å². The van der Waals surface area contributed by atoms with E-state index < -0.39 is 94.0 Å². The first-order chi connectivity index (χ1) is 43.6. The minimum atomic E-state index is -1.28. The third-order valence-corrected chi connectivity index (χ3v) is 14.1. The number of halogens is 2. The zero-order valence-corrected chi connectivity index (χ0v) is 50.4. The number of aliphatic imine (C=N–C) groups is 1. The Kier molecular flexibility index (Phi) is 30.4. The monoisotopic (exact) mass is 1280 g/mol. The predicted molar refractivity (Wildman–Crippen MR) is 328 cm³/mol. The molecular weight excluding hydrogens is 1200 g/mol. The zero-order valence-electron chi connectivity index (χ0n) is 50.4. The van der Waals surface area contributed by atoms with Crippen molar-refractivity contribution in [2.24, 2.45) is 10.7 Å². The highest BCUT2D eigenvalue weighted by molar-refractivity contribution is 5.93. The molecule has 0 bridgehead atoms. The van der Waals surface area contributed by atoms with Gasteiger partial charge in [-0.15, -0.1) is 0 Å². The largest absolute Gasteiger partial charge is 0.508 e. The van der Waals surface area contributed by atoms with E-state index >= 15 is 0 Å². The number of nitrogens with two attached hydrogens (primary N) is 1. The lowest BCUT2D eigenvalue weighted by Gasteiger charge is -2.32. The van der Waals surface area contributed by atoms with E-state index in [1.807, 2.05) is 0 Å². The standard InChI is InChI=1S/C59H80F2N14O16/c1-2-46(77)63-17-18-67-59(89)70-58(62)66-16-9-14-45(56(87)68-33-42-43(60)31-40(76)32-44(42)61)69-57(88)51(38-10-4-3-5-11-38)39-12-8-13-41(30-39)90-28-7-6-15-64-52-53(55(86)54(52)85)65-19-29-91-71-47(78)34-72-20-22-73(35-48(79)80)24-26-75(37-50(83)84)27-25-74(23-21-72)36-49(81)82/h3-5,8,10-13,30-32,45,51,64-65,76H,2,6-7,9,14-29,33-37H2,1H3,(H,63,77)(H,68,87)(H,69,88)(H,71,78)(H,79,80)(H,81,82)(H,83,84)(H4,62,66,67,70,89)/t45-,51?/m1/s1. The van der Waals surface area contributed by atoms with Crippen molar-refractivity contribution < 1.29 is 77.1 Å². The molecule has 14 N–H and O–H groups in total. The van der Waals surface area contributed by atoms with Gasteiger partial charge in [-0.3, -0.25) is 67.6 Å².